The molecule has 0 amide bonds. The van der Waals surface area contributed by atoms with Crippen molar-refractivity contribution in [2.24, 2.45) is 0 Å². The lowest BCUT2D eigenvalue weighted by Crippen LogP contribution is -2.46. The molecule has 0 saturated heterocycles. The molecule has 0 aromatic heterocycles. The van der Waals surface area contributed by atoms with Crippen LogP contribution in [0.25, 0.3) is 0 Å². The van der Waals surface area contributed by atoms with Gasteiger partial charge < -0.3 is 10.1 Å². The van der Waals surface area contributed by atoms with E-state index >= 15 is 0 Å². The van der Waals surface area contributed by atoms with Gasteiger partial charge in [0.1, 0.15) is 0 Å². The minimum atomic E-state index is 0.505. The summed E-state index contributed by atoms with van der Waals surface area (Å²) >= 11 is 3.48. The summed E-state index contributed by atoms with van der Waals surface area (Å²) in [6.45, 7) is 3.03. The van der Waals surface area contributed by atoms with Crippen LogP contribution in [0.1, 0.15) is 37.7 Å². The number of hydrogen-bond donors (Lipinski definition) is 1. The molecule has 1 aliphatic carbocycles. The lowest BCUT2D eigenvalue weighted by atomic mass is 9.75. The first-order chi connectivity index (χ1) is 8.72. The first-order valence-corrected chi connectivity index (χ1v) is 7.52. The number of hydrogen-bond acceptors (Lipinski definition) is 2. The van der Waals surface area contributed by atoms with Gasteiger partial charge in [-0.15, -0.1) is 0 Å². The van der Waals surface area contributed by atoms with Crippen LogP contribution < -0.4 is 5.32 Å². The third-order valence-electron chi connectivity index (χ3n) is 3.81. The van der Waals surface area contributed by atoms with Crippen molar-refractivity contribution < 1.29 is 4.74 Å². The summed E-state index contributed by atoms with van der Waals surface area (Å²) < 4.78 is 6.38. The maximum absolute atomic E-state index is 5.22. The number of rotatable bonds is 6. The van der Waals surface area contributed by atoms with Crippen molar-refractivity contribution in [2.75, 3.05) is 13.7 Å². The highest BCUT2D eigenvalue weighted by molar-refractivity contribution is 9.10. The molecule has 1 unspecified atom stereocenters. The van der Waals surface area contributed by atoms with Gasteiger partial charge in [0.2, 0.25) is 0 Å². The zero-order chi connectivity index (χ0) is 13.0. The molecule has 2 nitrogen and oxygen atoms in total. The predicted molar refractivity (Wildman–Crippen MR) is 79.0 cm³/mol. The number of benzene rings is 1. The molecule has 0 spiro atoms. The molecule has 1 saturated carbocycles. The van der Waals surface area contributed by atoms with Gasteiger partial charge in [-0.05, 0) is 42.9 Å². The zero-order valence-corrected chi connectivity index (χ0v) is 12.7. The largest absolute Gasteiger partial charge is 0.383 e. The molecule has 1 fully saturated rings. The van der Waals surface area contributed by atoms with Gasteiger partial charge in [0.25, 0.3) is 0 Å². The van der Waals surface area contributed by atoms with E-state index in [4.69, 9.17) is 4.74 Å². The Bertz CT molecular complexity index is 359. The van der Waals surface area contributed by atoms with Gasteiger partial charge in [-0.2, -0.15) is 0 Å². The lowest BCUT2D eigenvalue weighted by Gasteiger charge is -2.38. The topological polar surface area (TPSA) is 21.3 Å². The molecule has 100 valence electrons. The van der Waals surface area contributed by atoms with Crippen molar-refractivity contribution >= 4 is 15.9 Å². The van der Waals surface area contributed by atoms with E-state index in [1.807, 2.05) is 0 Å². The first kappa shape index (κ1) is 14.0. The number of methoxy groups -OCH3 is 1. The molecule has 1 aliphatic rings. The van der Waals surface area contributed by atoms with E-state index in [0.717, 1.165) is 23.4 Å². The van der Waals surface area contributed by atoms with Crippen molar-refractivity contribution in [2.45, 2.75) is 44.2 Å². The van der Waals surface area contributed by atoms with Crippen molar-refractivity contribution in [1.29, 1.82) is 0 Å². The molecule has 2 rings (SSSR count). The van der Waals surface area contributed by atoms with Crippen LogP contribution in [0, 0.1) is 0 Å². The van der Waals surface area contributed by atoms with Crippen LogP contribution in [-0.2, 0) is 4.74 Å². The van der Waals surface area contributed by atoms with Crippen LogP contribution in [0.5, 0.6) is 0 Å². The van der Waals surface area contributed by atoms with E-state index in [-0.39, 0.29) is 0 Å². The second-order valence-electron chi connectivity index (χ2n) is 5.14. The Morgan fingerprint density at radius 3 is 2.56 bits per heavy atom. The fraction of sp³-hybridized carbons (Fsp3) is 0.600. The van der Waals surface area contributed by atoms with Gasteiger partial charge in [-0.25, -0.2) is 0 Å². The third kappa shape index (κ3) is 3.56. The van der Waals surface area contributed by atoms with E-state index in [1.165, 1.54) is 18.4 Å². The maximum Gasteiger partial charge on any atom is 0.0615 e. The highest BCUT2D eigenvalue weighted by atomic mass is 79.9. The molecule has 1 atom stereocenters. The summed E-state index contributed by atoms with van der Waals surface area (Å²) in [5, 5.41) is 3.68. The quantitative estimate of drug-likeness (QED) is 0.864. The number of nitrogens with one attached hydrogen (secondary N) is 1. The summed E-state index contributed by atoms with van der Waals surface area (Å²) in [5.74, 6) is 0.732. The molecule has 0 aliphatic heterocycles. The molecule has 1 N–H and O–H groups in total. The molecule has 18 heavy (non-hydrogen) atoms. The van der Waals surface area contributed by atoms with Gasteiger partial charge in [0.15, 0.2) is 0 Å². The molecule has 0 radical (unpaired) electrons. The van der Waals surface area contributed by atoms with Gasteiger partial charge in [0, 0.05) is 23.7 Å². The first-order valence-electron chi connectivity index (χ1n) is 6.73. The summed E-state index contributed by atoms with van der Waals surface area (Å²) in [7, 11) is 1.77. The molecule has 0 bridgehead atoms. The standard InChI is InChI=1S/C15H22BrNO/c1-3-14(10-18-2)17-15-8-12(9-15)11-4-6-13(16)7-5-11/h4-7,12,14-15,17H,3,8-10H2,1-2H3. The van der Waals surface area contributed by atoms with E-state index in [9.17, 15) is 0 Å². The normalized spacial score (nSPS) is 24.6. The summed E-state index contributed by atoms with van der Waals surface area (Å²) in [6, 6.07) is 9.91. The predicted octanol–water partition coefficient (Wildman–Crippen LogP) is 3.71. The molecular weight excluding hydrogens is 290 g/mol. The smallest absolute Gasteiger partial charge is 0.0615 e. The summed E-state index contributed by atoms with van der Waals surface area (Å²) in [4.78, 5) is 0. The minimum absolute atomic E-state index is 0.505. The van der Waals surface area contributed by atoms with Gasteiger partial charge in [-0.3, -0.25) is 0 Å². The van der Waals surface area contributed by atoms with E-state index < -0.39 is 0 Å². The Morgan fingerprint density at radius 2 is 2.00 bits per heavy atom. The van der Waals surface area contributed by atoms with Gasteiger partial charge in [-0.1, -0.05) is 35.0 Å². The highest BCUT2D eigenvalue weighted by Crippen LogP contribution is 2.37. The Kier molecular flexibility index (Phi) is 5.22. The Hall–Kier alpha value is -0.380. The van der Waals surface area contributed by atoms with Crippen molar-refractivity contribution in [3.63, 3.8) is 0 Å². The monoisotopic (exact) mass is 311 g/mol. The van der Waals surface area contributed by atoms with Crippen LogP contribution in [0.3, 0.4) is 0 Å². The van der Waals surface area contributed by atoms with Crippen molar-refractivity contribution in [3.05, 3.63) is 34.3 Å². The molecule has 1 aromatic carbocycles. The van der Waals surface area contributed by atoms with Crippen LogP contribution in [0.2, 0.25) is 0 Å². The van der Waals surface area contributed by atoms with Crippen LogP contribution in [0.15, 0.2) is 28.7 Å². The maximum atomic E-state index is 5.22. The molecule has 1 aromatic rings. The summed E-state index contributed by atoms with van der Waals surface area (Å²) in [6.07, 6.45) is 3.64. The molecule has 3 heteroatoms. The number of ether oxygens (including phenoxy) is 1. The Balaban J connectivity index is 1.78. The number of halogens is 1. The minimum Gasteiger partial charge on any atom is -0.383 e. The third-order valence-corrected chi connectivity index (χ3v) is 4.34. The van der Waals surface area contributed by atoms with E-state index in [1.54, 1.807) is 7.11 Å². The SMILES string of the molecule is CCC(COC)NC1CC(c2ccc(Br)cc2)C1. The Morgan fingerprint density at radius 1 is 1.33 bits per heavy atom. The highest BCUT2D eigenvalue weighted by Gasteiger charge is 2.31. The summed E-state index contributed by atoms with van der Waals surface area (Å²) in [5.41, 5.74) is 1.47. The van der Waals surface area contributed by atoms with Crippen LogP contribution in [-0.4, -0.2) is 25.8 Å². The second kappa shape index (κ2) is 6.69. The average Bonchev–Trinajstić information content (AvgIpc) is 2.33. The molecular formula is C15H22BrNO. The van der Waals surface area contributed by atoms with Crippen molar-refractivity contribution in [1.82, 2.24) is 5.32 Å². The van der Waals surface area contributed by atoms with Crippen LogP contribution >= 0.6 is 15.9 Å². The van der Waals surface area contributed by atoms with Gasteiger partial charge >= 0.3 is 0 Å². The second-order valence-corrected chi connectivity index (χ2v) is 6.06. The van der Waals surface area contributed by atoms with E-state index in [2.05, 4.69) is 52.4 Å². The molecule has 0 heterocycles. The lowest BCUT2D eigenvalue weighted by molar-refractivity contribution is 0.144. The van der Waals surface area contributed by atoms with Crippen LogP contribution in [0.4, 0.5) is 0 Å². The fourth-order valence-corrected chi connectivity index (χ4v) is 2.84. The van der Waals surface area contributed by atoms with Gasteiger partial charge in [0.05, 0.1) is 6.61 Å². The van der Waals surface area contributed by atoms with Crippen molar-refractivity contribution in [3.8, 4) is 0 Å². The van der Waals surface area contributed by atoms with E-state index in [0.29, 0.717) is 12.1 Å². The fourth-order valence-electron chi connectivity index (χ4n) is 2.58. The Labute approximate surface area is 118 Å². The average molecular weight is 312 g/mol. The zero-order valence-electron chi connectivity index (χ0n) is 11.2.